The number of nitrogens with two attached hydrogens (primary N) is 1. The molecule has 0 aliphatic heterocycles. The predicted octanol–water partition coefficient (Wildman–Crippen LogP) is -0.0857. The van der Waals surface area contributed by atoms with E-state index in [0.29, 0.717) is 5.96 Å². The molecule has 0 aliphatic carbocycles. The minimum absolute atomic E-state index is 0. The molecule has 0 aliphatic rings. The van der Waals surface area contributed by atoms with Crippen molar-refractivity contribution in [3.05, 3.63) is 0 Å². The van der Waals surface area contributed by atoms with Gasteiger partial charge in [-0.05, 0) is 0 Å². The number of aliphatic imine (C=N–C) groups is 1. The van der Waals surface area contributed by atoms with Crippen LogP contribution in [0.2, 0.25) is 0 Å². The van der Waals surface area contributed by atoms with Crippen LogP contribution in [0.5, 0.6) is 0 Å². The van der Waals surface area contributed by atoms with Crippen molar-refractivity contribution < 1.29 is 0 Å². The molecule has 0 aromatic carbocycles. The summed E-state index contributed by atoms with van der Waals surface area (Å²) in [6, 6.07) is 0. The summed E-state index contributed by atoms with van der Waals surface area (Å²) in [5.74, 6) is 0.556. The summed E-state index contributed by atoms with van der Waals surface area (Å²) in [4.78, 5) is 5.46. The minimum atomic E-state index is 0. The van der Waals surface area contributed by atoms with Crippen molar-refractivity contribution in [1.29, 1.82) is 0 Å². The van der Waals surface area contributed by atoms with Crippen molar-refractivity contribution in [3.63, 3.8) is 0 Å². The van der Waals surface area contributed by atoms with Crippen LogP contribution in [0.3, 0.4) is 0 Å². The topological polar surface area (TPSA) is 41.6 Å². The smallest absolute Gasteiger partial charge is 0.190 e. The van der Waals surface area contributed by atoms with Gasteiger partial charge < -0.3 is 10.6 Å². The number of rotatable bonds is 0. The van der Waals surface area contributed by atoms with E-state index in [0.717, 1.165) is 0 Å². The summed E-state index contributed by atoms with van der Waals surface area (Å²) in [5, 5.41) is 0. The van der Waals surface area contributed by atoms with Crippen molar-refractivity contribution in [3.8, 4) is 0 Å². The average molecular weight is 138 g/mol. The number of hydrogen-bond acceptors (Lipinski definition) is 1. The highest BCUT2D eigenvalue weighted by molar-refractivity contribution is 5.85. The molecule has 0 rings (SSSR count). The standard InChI is InChI=1S/C4H11N3.ClH/c1-6-4(5)7(2)3;/h1-3H3,(H2,5,6);1H. The molecule has 0 fully saturated rings. The summed E-state index contributed by atoms with van der Waals surface area (Å²) in [7, 11) is 5.36. The highest BCUT2D eigenvalue weighted by Gasteiger charge is 1.86. The van der Waals surface area contributed by atoms with E-state index in [1.54, 1.807) is 11.9 Å². The summed E-state index contributed by atoms with van der Waals surface area (Å²) in [5.41, 5.74) is 5.29. The Morgan fingerprint density at radius 1 is 1.50 bits per heavy atom. The lowest BCUT2D eigenvalue weighted by Crippen LogP contribution is -2.29. The van der Waals surface area contributed by atoms with Gasteiger partial charge in [0.15, 0.2) is 5.96 Å². The van der Waals surface area contributed by atoms with E-state index < -0.39 is 0 Å². The van der Waals surface area contributed by atoms with Gasteiger partial charge in [0.25, 0.3) is 0 Å². The summed E-state index contributed by atoms with van der Waals surface area (Å²) >= 11 is 0. The van der Waals surface area contributed by atoms with Crippen LogP contribution in [0.1, 0.15) is 0 Å². The molecule has 50 valence electrons. The van der Waals surface area contributed by atoms with E-state index in [1.165, 1.54) is 0 Å². The Morgan fingerprint density at radius 3 is 1.88 bits per heavy atom. The summed E-state index contributed by atoms with van der Waals surface area (Å²) in [6.45, 7) is 0. The zero-order valence-electron chi connectivity index (χ0n) is 5.38. The average Bonchev–Trinajstić information content (AvgIpc) is 1.65. The molecule has 2 N–H and O–H groups in total. The van der Waals surface area contributed by atoms with Gasteiger partial charge in [-0.2, -0.15) is 0 Å². The van der Waals surface area contributed by atoms with Crippen LogP contribution in [0.15, 0.2) is 4.99 Å². The maximum Gasteiger partial charge on any atom is 0.190 e. The van der Waals surface area contributed by atoms with Crippen LogP contribution in [0, 0.1) is 0 Å². The molecule has 0 heterocycles. The molecule has 0 spiro atoms. The second kappa shape index (κ2) is 4.71. The fraction of sp³-hybridized carbons (Fsp3) is 0.750. The van der Waals surface area contributed by atoms with Gasteiger partial charge in [-0.15, -0.1) is 12.4 Å². The lowest BCUT2D eigenvalue weighted by atomic mass is 10.8. The van der Waals surface area contributed by atoms with Crippen LogP contribution < -0.4 is 5.73 Å². The Morgan fingerprint density at radius 2 is 1.88 bits per heavy atom. The van der Waals surface area contributed by atoms with Gasteiger partial charge in [-0.3, -0.25) is 4.99 Å². The zero-order valence-corrected chi connectivity index (χ0v) is 6.20. The van der Waals surface area contributed by atoms with Gasteiger partial charge >= 0.3 is 0 Å². The van der Waals surface area contributed by atoms with Gasteiger partial charge in [0.05, 0.1) is 0 Å². The van der Waals surface area contributed by atoms with Gasteiger partial charge in [0, 0.05) is 21.1 Å². The van der Waals surface area contributed by atoms with Crippen LogP contribution in [0.25, 0.3) is 0 Å². The van der Waals surface area contributed by atoms with Gasteiger partial charge in [0.2, 0.25) is 0 Å². The first-order valence-corrected chi connectivity index (χ1v) is 2.08. The van der Waals surface area contributed by atoms with E-state index in [1.807, 2.05) is 14.1 Å². The lowest BCUT2D eigenvalue weighted by Gasteiger charge is -2.07. The van der Waals surface area contributed by atoms with Crippen LogP contribution in [0.4, 0.5) is 0 Å². The van der Waals surface area contributed by atoms with Crippen molar-refractivity contribution in [2.75, 3.05) is 21.1 Å². The molecule has 0 bridgehead atoms. The van der Waals surface area contributed by atoms with Crippen molar-refractivity contribution in [2.45, 2.75) is 0 Å². The van der Waals surface area contributed by atoms with Gasteiger partial charge in [-0.1, -0.05) is 0 Å². The van der Waals surface area contributed by atoms with Crippen molar-refractivity contribution in [1.82, 2.24) is 4.90 Å². The molecular weight excluding hydrogens is 126 g/mol. The first-order chi connectivity index (χ1) is 3.18. The first kappa shape index (κ1) is 10.5. The molecule has 0 unspecified atom stereocenters. The van der Waals surface area contributed by atoms with Crippen LogP contribution >= 0.6 is 12.4 Å². The van der Waals surface area contributed by atoms with E-state index in [4.69, 9.17) is 5.73 Å². The largest absolute Gasteiger partial charge is 0.370 e. The highest BCUT2D eigenvalue weighted by Crippen LogP contribution is 1.68. The van der Waals surface area contributed by atoms with Crippen molar-refractivity contribution in [2.24, 2.45) is 10.7 Å². The lowest BCUT2D eigenvalue weighted by molar-refractivity contribution is 0.613. The molecule has 0 saturated carbocycles. The van der Waals surface area contributed by atoms with E-state index >= 15 is 0 Å². The normalized spacial score (nSPS) is 10.1. The quantitative estimate of drug-likeness (QED) is 0.375. The first-order valence-electron chi connectivity index (χ1n) is 2.08. The minimum Gasteiger partial charge on any atom is -0.370 e. The van der Waals surface area contributed by atoms with Crippen molar-refractivity contribution >= 4 is 18.4 Å². The van der Waals surface area contributed by atoms with Crippen LogP contribution in [-0.4, -0.2) is 32.0 Å². The van der Waals surface area contributed by atoms with Gasteiger partial charge in [0.1, 0.15) is 0 Å². The SMILES string of the molecule is CN=C(N)N(C)C.Cl. The van der Waals surface area contributed by atoms with E-state index in [2.05, 4.69) is 4.99 Å². The molecule has 0 radical (unpaired) electrons. The number of guanidine groups is 1. The highest BCUT2D eigenvalue weighted by atomic mass is 35.5. The number of nitrogens with zero attached hydrogens (tertiary/aromatic N) is 2. The maximum absolute atomic E-state index is 5.29. The van der Waals surface area contributed by atoms with Crippen LogP contribution in [-0.2, 0) is 0 Å². The second-order valence-electron chi connectivity index (χ2n) is 1.48. The van der Waals surface area contributed by atoms with E-state index in [-0.39, 0.29) is 12.4 Å². The third-order valence-electron chi connectivity index (χ3n) is 0.687. The summed E-state index contributed by atoms with van der Waals surface area (Å²) in [6.07, 6.45) is 0. The fourth-order valence-corrected chi connectivity index (χ4v) is 0.200. The molecule has 3 nitrogen and oxygen atoms in total. The summed E-state index contributed by atoms with van der Waals surface area (Å²) < 4.78 is 0. The Kier molecular flexibility index (Phi) is 6.20. The third kappa shape index (κ3) is 3.74. The predicted molar refractivity (Wildman–Crippen MR) is 38.5 cm³/mol. The molecule has 0 aromatic rings. The molecule has 8 heavy (non-hydrogen) atoms. The van der Waals surface area contributed by atoms with Gasteiger partial charge in [-0.25, -0.2) is 0 Å². The maximum atomic E-state index is 5.29. The number of halogens is 1. The Balaban J connectivity index is 0. The monoisotopic (exact) mass is 137 g/mol. The molecular formula is C4H12ClN3. The van der Waals surface area contributed by atoms with E-state index in [9.17, 15) is 0 Å². The molecule has 0 aromatic heterocycles. The Bertz CT molecular complexity index is 79.4. The molecule has 4 heteroatoms. The second-order valence-corrected chi connectivity index (χ2v) is 1.48. The number of hydrogen-bond donors (Lipinski definition) is 1. The molecule has 0 amide bonds. The third-order valence-corrected chi connectivity index (χ3v) is 0.687. The zero-order chi connectivity index (χ0) is 5.86. The Labute approximate surface area is 56.0 Å². The molecule has 0 saturated heterocycles. The fourth-order valence-electron chi connectivity index (χ4n) is 0.200. The molecule has 0 atom stereocenters. The Hall–Kier alpha value is -0.440.